The highest BCUT2D eigenvalue weighted by atomic mass is 16.5. The van der Waals surface area contributed by atoms with Crippen molar-refractivity contribution in [3.63, 3.8) is 0 Å². The molecule has 0 aliphatic carbocycles. The first-order valence-corrected chi connectivity index (χ1v) is 8.67. The summed E-state index contributed by atoms with van der Waals surface area (Å²) in [6.45, 7) is 6.36. The van der Waals surface area contributed by atoms with Crippen LogP contribution in [-0.4, -0.2) is 34.7 Å². The van der Waals surface area contributed by atoms with Crippen molar-refractivity contribution < 1.29 is 14.3 Å². The van der Waals surface area contributed by atoms with Crippen molar-refractivity contribution in [2.24, 2.45) is 12.5 Å². The van der Waals surface area contributed by atoms with Crippen LogP contribution in [0.2, 0.25) is 0 Å². The number of carbonyl (C=O) groups is 2. The van der Waals surface area contributed by atoms with Gasteiger partial charge in [0.25, 0.3) is 11.5 Å². The molecule has 2 heterocycles. The molecule has 1 aromatic carbocycles. The van der Waals surface area contributed by atoms with Gasteiger partial charge in [0.15, 0.2) is 0 Å². The van der Waals surface area contributed by atoms with E-state index in [1.165, 1.54) is 19.2 Å². The van der Waals surface area contributed by atoms with Crippen LogP contribution in [0.1, 0.15) is 31.3 Å². The number of ether oxygens (including phenoxy) is 1. The molecule has 2 aromatic rings. The van der Waals surface area contributed by atoms with Gasteiger partial charge in [0.2, 0.25) is 5.91 Å². The maximum Gasteiger partial charge on any atom is 0.276 e. The second kappa shape index (κ2) is 6.86. The van der Waals surface area contributed by atoms with Gasteiger partial charge in [0.05, 0.1) is 11.1 Å². The van der Waals surface area contributed by atoms with E-state index in [9.17, 15) is 14.4 Å². The summed E-state index contributed by atoms with van der Waals surface area (Å²) in [4.78, 5) is 38.2. The van der Waals surface area contributed by atoms with Crippen molar-refractivity contribution >= 4 is 23.2 Å². The van der Waals surface area contributed by atoms with E-state index in [1.807, 2.05) is 20.8 Å². The molecule has 0 fully saturated rings. The fourth-order valence-electron chi connectivity index (χ4n) is 2.86. The molecule has 2 amide bonds. The SMILES string of the molecule is CCN1C(=O)C(C)(C)COc2cc(NC(=O)c3ccc(=O)n(C)n3)ccc21. The lowest BCUT2D eigenvalue weighted by molar-refractivity contribution is -0.127. The molecular weight excluding hydrogens is 348 g/mol. The summed E-state index contributed by atoms with van der Waals surface area (Å²) in [6, 6.07) is 7.80. The van der Waals surface area contributed by atoms with Crippen molar-refractivity contribution in [3.05, 3.63) is 46.4 Å². The van der Waals surface area contributed by atoms with Crippen LogP contribution >= 0.6 is 0 Å². The van der Waals surface area contributed by atoms with Gasteiger partial charge in [-0.05, 0) is 39.0 Å². The Labute approximate surface area is 156 Å². The molecule has 0 atom stereocenters. The Morgan fingerprint density at radius 3 is 2.67 bits per heavy atom. The fourth-order valence-corrected chi connectivity index (χ4v) is 2.86. The lowest BCUT2D eigenvalue weighted by Gasteiger charge is -2.26. The topological polar surface area (TPSA) is 93.5 Å². The third kappa shape index (κ3) is 3.55. The number of hydrogen-bond acceptors (Lipinski definition) is 5. The Morgan fingerprint density at radius 2 is 2.00 bits per heavy atom. The number of benzene rings is 1. The predicted octanol–water partition coefficient (Wildman–Crippen LogP) is 1.80. The lowest BCUT2D eigenvalue weighted by Crippen LogP contribution is -2.42. The van der Waals surface area contributed by atoms with Crippen LogP contribution in [0, 0.1) is 5.41 Å². The van der Waals surface area contributed by atoms with Crippen molar-refractivity contribution in [2.45, 2.75) is 20.8 Å². The number of nitrogens with one attached hydrogen (secondary N) is 1. The summed E-state index contributed by atoms with van der Waals surface area (Å²) in [5.74, 6) is 0.0832. The first kappa shape index (κ1) is 18.6. The number of nitrogens with zero attached hydrogens (tertiary/aromatic N) is 3. The molecule has 8 heteroatoms. The molecule has 142 valence electrons. The summed E-state index contributed by atoms with van der Waals surface area (Å²) in [5, 5.41) is 6.67. The van der Waals surface area contributed by atoms with Crippen LogP contribution in [0.15, 0.2) is 35.1 Å². The number of fused-ring (bicyclic) bond motifs is 1. The standard InChI is InChI=1S/C19H22N4O4/c1-5-23-14-8-6-12(10-15(14)27-11-19(2,3)18(23)26)20-17(25)13-7-9-16(24)22(4)21-13/h6-10H,5,11H2,1-4H3,(H,20,25). The molecule has 1 aliphatic heterocycles. The second-order valence-electron chi connectivity index (χ2n) is 7.04. The molecular formula is C19H22N4O4. The molecule has 27 heavy (non-hydrogen) atoms. The molecule has 0 saturated heterocycles. The van der Waals surface area contributed by atoms with Gasteiger partial charge in [-0.25, -0.2) is 4.68 Å². The van der Waals surface area contributed by atoms with Gasteiger partial charge >= 0.3 is 0 Å². The number of anilines is 2. The zero-order valence-corrected chi connectivity index (χ0v) is 15.8. The van der Waals surface area contributed by atoms with Crippen LogP contribution in [0.5, 0.6) is 5.75 Å². The quantitative estimate of drug-likeness (QED) is 0.889. The van der Waals surface area contributed by atoms with E-state index in [4.69, 9.17) is 4.74 Å². The average Bonchev–Trinajstić information content (AvgIpc) is 2.72. The van der Waals surface area contributed by atoms with E-state index in [0.717, 1.165) is 4.68 Å². The molecule has 0 saturated carbocycles. The van der Waals surface area contributed by atoms with E-state index >= 15 is 0 Å². The van der Waals surface area contributed by atoms with Crippen LogP contribution in [0.4, 0.5) is 11.4 Å². The summed E-state index contributed by atoms with van der Waals surface area (Å²) in [5.41, 5.74) is 0.372. The van der Waals surface area contributed by atoms with Gasteiger partial charge in [-0.15, -0.1) is 0 Å². The lowest BCUT2D eigenvalue weighted by atomic mass is 9.93. The average molecular weight is 370 g/mol. The third-order valence-corrected chi connectivity index (χ3v) is 4.43. The number of amides is 2. The largest absolute Gasteiger partial charge is 0.490 e. The smallest absolute Gasteiger partial charge is 0.276 e. The number of hydrogen-bond donors (Lipinski definition) is 1. The van der Waals surface area contributed by atoms with Crippen LogP contribution < -0.4 is 20.5 Å². The first-order valence-electron chi connectivity index (χ1n) is 8.67. The van der Waals surface area contributed by atoms with Gasteiger partial charge in [-0.3, -0.25) is 14.4 Å². The van der Waals surface area contributed by atoms with E-state index in [1.54, 1.807) is 23.1 Å². The fraction of sp³-hybridized carbons (Fsp3) is 0.368. The molecule has 3 rings (SSSR count). The number of aryl methyl sites for hydroxylation is 1. The highest BCUT2D eigenvalue weighted by Gasteiger charge is 2.37. The Kier molecular flexibility index (Phi) is 4.73. The Bertz CT molecular complexity index is 964. The summed E-state index contributed by atoms with van der Waals surface area (Å²) in [6.07, 6.45) is 0. The minimum atomic E-state index is -0.642. The molecule has 1 aromatic heterocycles. The summed E-state index contributed by atoms with van der Waals surface area (Å²) < 4.78 is 6.95. The molecule has 0 spiro atoms. The van der Waals surface area contributed by atoms with E-state index in [2.05, 4.69) is 10.4 Å². The maximum atomic E-state index is 12.7. The zero-order chi connectivity index (χ0) is 19.8. The highest BCUT2D eigenvalue weighted by molar-refractivity contribution is 6.03. The second-order valence-corrected chi connectivity index (χ2v) is 7.04. The van der Waals surface area contributed by atoms with Gasteiger partial charge in [0.1, 0.15) is 18.1 Å². The molecule has 1 N–H and O–H groups in total. The Hall–Kier alpha value is -3.16. The first-order chi connectivity index (χ1) is 12.7. The monoisotopic (exact) mass is 370 g/mol. The number of aromatic nitrogens is 2. The third-order valence-electron chi connectivity index (χ3n) is 4.43. The van der Waals surface area contributed by atoms with Crippen LogP contribution in [-0.2, 0) is 11.8 Å². The Balaban J connectivity index is 1.89. The minimum absolute atomic E-state index is 0.00469. The predicted molar refractivity (Wildman–Crippen MR) is 101 cm³/mol. The van der Waals surface area contributed by atoms with Gasteiger partial charge < -0.3 is 15.0 Å². The molecule has 0 bridgehead atoms. The normalized spacial score (nSPS) is 15.6. The number of rotatable bonds is 3. The summed E-state index contributed by atoms with van der Waals surface area (Å²) >= 11 is 0. The van der Waals surface area contributed by atoms with Gasteiger partial charge in [-0.1, -0.05) is 0 Å². The molecule has 8 nitrogen and oxygen atoms in total. The van der Waals surface area contributed by atoms with E-state index in [-0.39, 0.29) is 23.8 Å². The van der Waals surface area contributed by atoms with Gasteiger partial charge in [-0.2, -0.15) is 5.10 Å². The summed E-state index contributed by atoms with van der Waals surface area (Å²) in [7, 11) is 1.48. The van der Waals surface area contributed by atoms with Crippen molar-refractivity contribution in [1.29, 1.82) is 0 Å². The minimum Gasteiger partial charge on any atom is -0.490 e. The maximum absolute atomic E-state index is 12.7. The highest BCUT2D eigenvalue weighted by Crippen LogP contribution is 2.38. The zero-order valence-electron chi connectivity index (χ0n) is 15.8. The number of carbonyl (C=O) groups excluding carboxylic acids is 2. The van der Waals surface area contributed by atoms with E-state index in [0.29, 0.717) is 23.7 Å². The van der Waals surface area contributed by atoms with E-state index < -0.39 is 11.3 Å². The van der Waals surface area contributed by atoms with Crippen molar-refractivity contribution in [2.75, 3.05) is 23.4 Å². The molecule has 1 aliphatic rings. The van der Waals surface area contributed by atoms with Crippen molar-refractivity contribution in [1.82, 2.24) is 9.78 Å². The Morgan fingerprint density at radius 1 is 1.26 bits per heavy atom. The molecule has 0 radical (unpaired) electrons. The van der Waals surface area contributed by atoms with Gasteiger partial charge in [0, 0.05) is 31.4 Å². The van der Waals surface area contributed by atoms with Crippen LogP contribution in [0.3, 0.4) is 0 Å². The van der Waals surface area contributed by atoms with Crippen LogP contribution in [0.25, 0.3) is 0 Å². The van der Waals surface area contributed by atoms with Crippen molar-refractivity contribution in [3.8, 4) is 5.75 Å². The molecule has 0 unspecified atom stereocenters.